The van der Waals surface area contributed by atoms with Gasteiger partial charge in [-0.25, -0.2) is 0 Å². The van der Waals surface area contributed by atoms with Crippen LogP contribution in [0.2, 0.25) is 5.02 Å². The zero-order chi connectivity index (χ0) is 11.1. The van der Waals surface area contributed by atoms with Crippen molar-refractivity contribution in [3.63, 3.8) is 0 Å². The molecule has 0 bridgehead atoms. The highest BCUT2D eigenvalue weighted by Crippen LogP contribution is 2.34. The normalized spacial score (nSPS) is 11.1. The molecule has 0 aliphatic carbocycles. The summed E-state index contributed by atoms with van der Waals surface area (Å²) in [6.45, 7) is 0. The molecule has 3 aromatic carbocycles. The van der Waals surface area contributed by atoms with Crippen molar-refractivity contribution in [2.24, 2.45) is 0 Å². The van der Waals surface area contributed by atoms with Gasteiger partial charge in [0.1, 0.15) is 0 Å². The summed E-state index contributed by atoms with van der Waals surface area (Å²) in [6.07, 6.45) is 0. The average Bonchev–Trinajstić information content (AvgIpc) is 2.29. The van der Waals surface area contributed by atoms with Gasteiger partial charge in [-0.1, -0.05) is 48.0 Å². The molecule has 0 saturated heterocycles. The molecule has 2 heteroatoms. The van der Waals surface area contributed by atoms with Gasteiger partial charge in [-0.2, -0.15) is 0 Å². The number of hydrogen-bond acceptors (Lipinski definition) is 0. The average molecular weight is 339 g/mol. The van der Waals surface area contributed by atoms with Crippen LogP contribution in [0.15, 0.2) is 48.5 Å². The molecule has 0 nitrogen and oxygen atoms in total. The molecule has 0 atom stereocenters. The Labute approximate surface area is 112 Å². The van der Waals surface area contributed by atoms with Crippen LogP contribution in [0.5, 0.6) is 0 Å². The van der Waals surface area contributed by atoms with E-state index in [2.05, 4.69) is 59.0 Å². The molecule has 0 fully saturated rings. The molecule has 3 rings (SSSR count). The van der Waals surface area contributed by atoms with Crippen molar-refractivity contribution in [3.05, 3.63) is 57.1 Å². The predicted molar refractivity (Wildman–Crippen MR) is 79.2 cm³/mol. The second-order valence-corrected chi connectivity index (χ2v) is 5.31. The Morgan fingerprint density at radius 3 is 2.50 bits per heavy atom. The summed E-state index contributed by atoms with van der Waals surface area (Å²) >= 11 is 8.67. The molecule has 0 saturated carbocycles. The third-order valence-electron chi connectivity index (χ3n) is 2.79. The van der Waals surface area contributed by atoms with Crippen molar-refractivity contribution in [2.45, 2.75) is 0 Å². The first-order valence-corrected chi connectivity index (χ1v) is 6.48. The second kappa shape index (κ2) is 3.90. The first-order chi connectivity index (χ1) is 7.77. The molecule has 0 aliphatic rings. The van der Waals surface area contributed by atoms with Crippen molar-refractivity contribution in [1.29, 1.82) is 0 Å². The van der Waals surface area contributed by atoms with Gasteiger partial charge in [-0.05, 0) is 50.9 Å². The lowest BCUT2D eigenvalue weighted by Crippen LogP contribution is -1.82. The Bertz CT molecular complexity index is 689. The van der Waals surface area contributed by atoms with Crippen LogP contribution in [0.1, 0.15) is 0 Å². The number of fused-ring (bicyclic) bond motifs is 3. The molecular weight excluding hydrogens is 331 g/mol. The van der Waals surface area contributed by atoms with Gasteiger partial charge in [-0.3, -0.25) is 0 Å². The topological polar surface area (TPSA) is 0 Å². The molecular formula is C14H8ClI. The van der Waals surface area contributed by atoms with Crippen LogP contribution in [0.25, 0.3) is 21.5 Å². The summed E-state index contributed by atoms with van der Waals surface area (Å²) in [5.41, 5.74) is 0. The van der Waals surface area contributed by atoms with Gasteiger partial charge < -0.3 is 0 Å². The van der Waals surface area contributed by atoms with E-state index in [4.69, 9.17) is 11.6 Å². The Morgan fingerprint density at radius 1 is 0.875 bits per heavy atom. The van der Waals surface area contributed by atoms with Gasteiger partial charge in [-0.15, -0.1) is 0 Å². The lowest BCUT2D eigenvalue weighted by Gasteiger charge is -2.07. The Morgan fingerprint density at radius 2 is 1.62 bits per heavy atom. The number of benzene rings is 3. The highest BCUT2D eigenvalue weighted by Gasteiger charge is 2.06. The van der Waals surface area contributed by atoms with E-state index in [1.165, 1.54) is 19.7 Å². The van der Waals surface area contributed by atoms with E-state index < -0.39 is 0 Å². The van der Waals surface area contributed by atoms with E-state index in [1.807, 2.05) is 12.1 Å². The fraction of sp³-hybridized carbons (Fsp3) is 0. The van der Waals surface area contributed by atoms with E-state index >= 15 is 0 Å². The van der Waals surface area contributed by atoms with Crippen molar-refractivity contribution in [2.75, 3.05) is 0 Å². The first-order valence-electron chi connectivity index (χ1n) is 5.03. The first kappa shape index (κ1) is 10.4. The predicted octanol–water partition coefficient (Wildman–Crippen LogP) is 5.25. The minimum absolute atomic E-state index is 0.832. The summed E-state index contributed by atoms with van der Waals surface area (Å²) in [6, 6.07) is 16.7. The molecule has 0 aromatic heterocycles. The van der Waals surface area contributed by atoms with Gasteiger partial charge in [0, 0.05) is 8.96 Å². The van der Waals surface area contributed by atoms with Gasteiger partial charge in [0.25, 0.3) is 0 Å². The van der Waals surface area contributed by atoms with Crippen LogP contribution >= 0.6 is 34.2 Å². The van der Waals surface area contributed by atoms with E-state index in [0.29, 0.717) is 0 Å². The zero-order valence-electron chi connectivity index (χ0n) is 8.37. The maximum Gasteiger partial charge on any atom is 0.0501 e. The number of rotatable bonds is 0. The van der Waals surface area contributed by atoms with Gasteiger partial charge in [0.2, 0.25) is 0 Å². The fourth-order valence-electron chi connectivity index (χ4n) is 2.07. The molecule has 0 radical (unpaired) electrons. The minimum atomic E-state index is 0.832. The molecule has 78 valence electrons. The Hall–Kier alpha value is -0.800. The minimum Gasteiger partial charge on any atom is -0.0836 e. The van der Waals surface area contributed by atoms with E-state index in [9.17, 15) is 0 Å². The fourth-order valence-corrected chi connectivity index (χ4v) is 3.34. The molecule has 3 aromatic rings. The maximum atomic E-state index is 6.34. The van der Waals surface area contributed by atoms with Gasteiger partial charge >= 0.3 is 0 Å². The van der Waals surface area contributed by atoms with Crippen molar-refractivity contribution in [1.82, 2.24) is 0 Å². The van der Waals surface area contributed by atoms with Crippen molar-refractivity contribution < 1.29 is 0 Å². The zero-order valence-corrected chi connectivity index (χ0v) is 11.3. The summed E-state index contributed by atoms with van der Waals surface area (Å²) < 4.78 is 1.20. The van der Waals surface area contributed by atoms with E-state index in [-0.39, 0.29) is 0 Å². The van der Waals surface area contributed by atoms with Gasteiger partial charge in [0.05, 0.1) is 5.02 Å². The lowest BCUT2D eigenvalue weighted by molar-refractivity contribution is 1.72. The summed E-state index contributed by atoms with van der Waals surface area (Å²) in [7, 11) is 0. The second-order valence-electron chi connectivity index (χ2n) is 3.74. The van der Waals surface area contributed by atoms with Crippen LogP contribution in [-0.4, -0.2) is 0 Å². The van der Waals surface area contributed by atoms with Crippen LogP contribution in [0, 0.1) is 3.57 Å². The highest BCUT2D eigenvalue weighted by atomic mass is 127. The third kappa shape index (κ3) is 1.50. The van der Waals surface area contributed by atoms with Crippen LogP contribution in [-0.2, 0) is 0 Å². The maximum absolute atomic E-state index is 6.34. The molecule has 0 amide bonds. The Kier molecular flexibility index (Phi) is 2.52. The molecule has 0 aliphatic heterocycles. The molecule has 16 heavy (non-hydrogen) atoms. The van der Waals surface area contributed by atoms with Gasteiger partial charge in [0.15, 0.2) is 0 Å². The van der Waals surface area contributed by atoms with E-state index in [0.717, 1.165) is 10.4 Å². The SMILES string of the molecule is Clc1cc2ccccc2c2cccc(I)c12. The number of halogens is 2. The molecule has 0 heterocycles. The molecule has 0 unspecified atom stereocenters. The lowest BCUT2D eigenvalue weighted by atomic mass is 10.0. The van der Waals surface area contributed by atoms with Crippen LogP contribution < -0.4 is 0 Å². The largest absolute Gasteiger partial charge is 0.0836 e. The summed E-state index contributed by atoms with van der Waals surface area (Å²) in [5, 5.41) is 5.68. The number of hydrogen-bond donors (Lipinski definition) is 0. The summed E-state index contributed by atoms with van der Waals surface area (Å²) in [5.74, 6) is 0. The van der Waals surface area contributed by atoms with Crippen LogP contribution in [0.3, 0.4) is 0 Å². The van der Waals surface area contributed by atoms with Crippen molar-refractivity contribution >= 4 is 55.7 Å². The quantitative estimate of drug-likeness (QED) is 0.388. The molecule has 0 N–H and O–H groups in total. The monoisotopic (exact) mass is 338 g/mol. The van der Waals surface area contributed by atoms with Crippen molar-refractivity contribution in [3.8, 4) is 0 Å². The summed E-state index contributed by atoms with van der Waals surface area (Å²) in [4.78, 5) is 0. The van der Waals surface area contributed by atoms with E-state index in [1.54, 1.807) is 0 Å². The Balaban J connectivity index is 2.65. The van der Waals surface area contributed by atoms with Crippen LogP contribution in [0.4, 0.5) is 0 Å². The smallest absolute Gasteiger partial charge is 0.0501 e. The molecule has 0 spiro atoms. The third-order valence-corrected chi connectivity index (χ3v) is 3.98. The standard InChI is InChI=1S/C14H8ClI/c15-12-8-9-4-1-2-5-10(9)11-6-3-7-13(16)14(11)12/h1-8H. The highest BCUT2D eigenvalue weighted by molar-refractivity contribution is 14.1.